The summed E-state index contributed by atoms with van der Waals surface area (Å²) in [7, 11) is 0. The van der Waals surface area contributed by atoms with Gasteiger partial charge in [-0.1, -0.05) is 61.5 Å². The van der Waals surface area contributed by atoms with Crippen molar-refractivity contribution in [3.05, 3.63) is 46.1 Å². The summed E-state index contributed by atoms with van der Waals surface area (Å²) < 4.78 is 0. The molecule has 1 aliphatic carbocycles. The molecule has 2 aromatic rings. The molecule has 1 aliphatic heterocycles. The van der Waals surface area contributed by atoms with Crippen LogP contribution in [0.5, 0.6) is 0 Å². The Morgan fingerprint density at radius 3 is 2.72 bits per heavy atom. The molecule has 1 saturated carbocycles. The Morgan fingerprint density at radius 1 is 1.16 bits per heavy atom. The number of piperidine rings is 1. The molecular formula is C24H31Cl2N5S. The summed E-state index contributed by atoms with van der Waals surface area (Å²) >= 11 is 18.2. The summed E-state index contributed by atoms with van der Waals surface area (Å²) in [5.41, 5.74) is 1.31. The molecule has 0 radical (unpaired) electrons. The number of anilines is 2. The molecule has 2 heterocycles. The summed E-state index contributed by atoms with van der Waals surface area (Å²) in [6.45, 7) is 4.99. The first kappa shape index (κ1) is 23.5. The van der Waals surface area contributed by atoms with Crippen molar-refractivity contribution in [2.45, 2.75) is 57.3 Å². The minimum absolute atomic E-state index is 0.0270. The molecule has 4 rings (SSSR count). The number of rotatable bonds is 5. The van der Waals surface area contributed by atoms with Crippen LogP contribution in [-0.4, -0.2) is 34.7 Å². The van der Waals surface area contributed by atoms with Crippen molar-refractivity contribution >= 4 is 52.3 Å². The van der Waals surface area contributed by atoms with E-state index in [0.29, 0.717) is 22.1 Å². The molecule has 5 nitrogen and oxygen atoms in total. The Hall–Kier alpha value is -1.63. The monoisotopic (exact) mass is 491 g/mol. The predicted octanol–water partition coefficient (Wildman–Crippen LogP) is 6.21. The zero-order valence-corrected chi connectivity index (χ0v) is 20.9. The molecule has 2 N–H and O–H groups in total. The fourth-order valence-electron chi connectivity index (χ4n) is 5.03. The number of benzene rings is 1. The second-order valence-electron chi connectivity index (χ2n) is 9.22. The van der Waals surface area contributed by atoms with Crippen LogP contribution in [0.3, 0.4) is 0 Å². The summed E-state index contributed by atoms with van der Waals surface area (Å²) in [5.74, 6) is 1.93. The first-order valence-electron chi connectivity index (χ1n) is 11.5. The van der Waals surface area contributed by atoms with Crippen LogP contribution in [0.25, 0.3) is 0 Å². The number of aromatic nitrogens is 2. The lowest BCUT2D eigenvalue weighted by molar-refractivity contribution is 0.292. The third kappa shape index (κ3) is 5.83. The van der Waals surface area contributed by atoms with Crippen LogP contribution in [0.2, 0.25) is 10.2 Å². The molecule has 2 fully saturated rings. The normalized spacial score (nSPS) is 20.6. The van der Waals surface area contributed by atoms with E-state index in [4.69, 9.17) is 35.4 Å². The molecule has 1 atom stereocenters. The molecule has 8 heteroatoms. The van der Waals surface area contributed by atoms with E-state index >= 15 is 0 Å². The first-order chi connectivity index (χ1) is 15.4. The highest BCUT2D eigenvalue weighted by Gasteiger charge is 2.34. The molecule has 1 aromatic heterocycles. The highest BCUT2D eigenvalue weighted by Crippen LogP contribution is 2.39. The SMILES string of the molecule is CC1CCCN(c2cc(Cl)nc(NC(=S)NCC3(c4cccc(Cl)c4)CCCCC3)n2)C1. The Kier molecular flexibility index (Phi) is 7.74. The Balaban J connectivity index is 1.44. The number of thiocarbonyl (C=S) groups is 1. The van der Waals surface area contributed by atoms with Crippen molar-refractivity contribution in [3.63, 3.8) is 0 Å². The van der Waals surface area contributed by atoms with E-state index in [9.17, 15) is 0 Å². The lowest BCUT2D eigenvalue weighted by Crippen LogP contribution is -2.43. The van der Waals surface area contributed by atoms with Gasteiger partial charge in [-0.3, -0.25) is 0 Å². The first-order valence-corrected chi connectivity index (χ1v) is 12.7. The molecule has 172 valence electrons. The van der Waals surface area contributed by atoms with Crippen LogP contribution in [0.1, 0.15) is 57.4 Å². The number of hydrogen-bond acceptors (Lipinski definition) is 4. The van der Waals surface area contributed by atoms with Crippen molar-refractivity contribution in [2.24, 2.45) is 5.92 Å². The van der Waals surface area contributed by atoms with E-state index in [1.165, 1.54) is 31.2 Å². The van der Waals surface area contributed by atoms with Gasteiger partial charge in [-0.25, -0.2) is 4.98 Å². The van der Waals surface area contributed by atoms with Gasteiger partial charge >= 0.3 is 0 Å². The second kappa shape index (κ2) is 10.5. The largest absolute Gasteiger partial charge is 0.361 e. The van der Waals surface area contributed by atoms with Crippen LogP contribution < -0.4 is 15.5 Å². The van der Waals surface area contributed by atoms with Crippen LogP contribution in [0, 0.1) is 5.92 Å². The fraction of sp³-hybridized carbons (Fsp3) is 0.542. The molecule has 32 heavy (non-hydrogen) atoms. The van der Waals surface area contributed by atoms with E-state index in [1.54, 1.807) is 0 Å². The van der Waals surface area contributed by atoms with Crippen molar-refractivity contribution < 1.29 is 0 Å². The Bertz CT molecular complexity index is 948. The summed E-state index contributed by atoms with van der Waals surface area (Å²) in [4.78, 5) is 11.3. The topological polar surface area (TPSA) is 53.1 Å². The summed E-state index contributed by atoms with van der Waals surface area (Å²) in [6, 6.07) is 10.1. The van der Waals surface area contributed by atoms with Crippen molar-refractivity contribution in [1.29, 1.82) is 0 Å². The predicted molar refractivity (Wildman–Crippen MR) is 138 cm³/mol. The molecule has 0 spiro atoms. The van der Waals surface area contributed by atoms with E-state index in [2.05, 4.69) is 44.6 Å². The minimum Gasteiger partial charge on any atom is -0.361 e. The number of halogens is 2. The van der Waals surface area contributed by atoms with Gasteiger partial charge < -0.3 is 15.5 Å². The molecule has 0 bridgehead atoms. The van der Waals surface area contributed by atoms with Crippen LogP contribution in [0.15, 0.2) is 30.3 Å². The van der Waals surface area contributed by atoms with Gasteiger partial charge in [0, 0.05) is 36.1 Å². The molecule has 1 unspecified atom stereocenters. The van der Waals surface area contributed by atoms with Gasteiger partial charge in [0.05, 0.1) is 0 Å². The van der Waals surface area contributed by atoms with Crippen molar-refractivity contribution in [3.8, 4) is 0 Å². The molecule has 0 amide bonds. The number of nitrogens with zero attached hydrogens (tertiary/aromatic N) is 3. The van der Waals surface area contributed by atoms with E-state index in [1.807, 2.05) is 18.2 Å². The van der Waals surface area contributed by atoms with Gasteiger partial charge in [-0.05, 0) is 61.5 Å². The van der Waals surface area contributed by atoms with Gasteiger partial charge in [-0.15, -0.1) is 0 Å². The smallest absolute Gasteiger partial charge is 0.232 e. The quantitative estimate of drug-likeness (QED) is 0.383. The van der Waals surface area contributed by atoms with Gasteiger partial charge in [0.1, 0.15) is 11.0 Å². The molecular weight excluding hydrogens is 461 g/mol. The van der Waals surface area contributed by atoms with Crippen molar-refractivity contribution in [1.82, 2.24) is 15.3 Å². The van der Waals surface area contributed by atoms with Crippen LogP contribution in [0.4, 0.5) is 11.8 Å². The zero-order chi connectivity index (χ0) is 22.6. The third-order valence-corrected chi connectivity index (χ3v) is 7.40. The minimum atomic E-state index is 0.0270. The molecule has 2 aliphatic rings. The van der Waals surface area contributed by atoms with Gasteiger partial charge in [0.25, 0.3) is 0 Å². The third-order valence-electron chi connectivity index (χ3n) is 6.72. The van der Waals surface area contributed by atoms with Gasteiger partial charge in [0.2, 0.25) is 5.95 Å². The fourth-order valence-corrected chi connectivity index (χ4v) is 5.56. The maximum absolute atomic E-state index is 6.31. The highest BCUT2D eigenvalue weighted by atomic mass is 35.5. The molecule has 1 saturated heterocycles. The lowest BCUT2D eigenvalue weighted by atomic mass is 9.69. The van der Waals surface area contributed by atoms with E-state index in [-0.39, 0.29) is 5.41 Å². The summed E-state index contributed by atoms with van der Waals surface area (Å²) in [6.07, 6.45) is 8.35. The standard InChI is InChI=1S/C24H31Cl2N5S/c1-17-7-6-12-31(15-17)21-14-20(26)28-22(29-21)30-23(32)27-16-24(10-3-2-4-11-24)18-8-5-9-19(25)13-18/h5,8-9,13-14,17H,2-4,6-7,10-12,15-16H2,1H3,(H2,27,28,29,30,32). The lowest BCUT2D eigenvalue weighted by Gasteiger charge is -2.38. The second-order valence-corrected chi connectivity index (χ2v) is 10.5. The van der Waals surface area contributed by atoms with Crippen LogP contribution in [-0.2, 0) is 5.41 Å². The number of nitrogens with one attached hydrogen (secondary N) is 2. The maximum Gasteiger partial charge on any atom is 0.232 e. The van der Waals surface area contributed by atoms with Gasteiger partial charge in [-0.2, -0.15) is 4.98 Å². The Morgan fingerprint density at radius 2 is 1.97 bits per heavy atom. The zero-order valence-electron chi connectivity index (χ0n) is 18.5. The van der Waals surface area contributed by atoms with Gasteiger partial charge in [0.15, 0.2) is 5.11 Å². The average Bonchev–Trinajstić information content (AvgIpc) is 2.78. The van der Waals surface area contributed by atoms with E-state index < -0.39 is 0 Å². The van der Waals surface area contributed by atoms with Crippen molar-refractivity contribution in [2.75, 3.05) is 29.9 Å². The van der Waals surface area contributed by atoms with E-state index in [0.717, 1.165) is 49.7 Å². The molecule has 1 aromatic carbocycles. The Labute approximate surface area is 206 Å². The van der Waals surface area contributed by atoms with Crippen LogP contribution >= 0.6 is 35.4 Å². The summed E-state index contributed by atoms with van der Waals surface area (Å²) in [5, 5.41) is 8.29. The maximum atomic E-state index is 6.31. The average molecular weight is 493 g/mol. The highest BCUT2D eigenvalue weighted by molar-refractivity contribution is 7.80. The number of hydrogen-bond donors (Lipinski definition) is 2.